The largest absolute Gasteiger partial charge is 0.494 e. The number of aromatic nitrogens is 1. The van der Waals surface area contributed by atoms with Crippen LogP contribution in [0.1, 0.15) is 15.9 Å². The second-order valence-electron chi connectivity index (χ2n) is 4.09. The number of hydrogen-bond acceptors (Lipinski definition) is 4. The third-order valence-corrected chi connectivity index (χ3v) is 2.96. The second-order valence-corrected chi connectivity index (χ2v) is 4.53. The number of nitrogens with one attached hydrogen (secondary N) is 1. The molecule has 1 aromatic heterocycles. The van der Waals surface area contributed by atoms with Gasteiger partial charge in [0, 0.05) is 17.4 Å². The van der Waals surface area contributed by atoms with E-state index in [2.05, 4.69) is 10.3 Å². The number of amides is 1. The van der Waals surface area contributed by atoms with E-state index in [1.807, 2.05) is 0 Å². The maximum absolute atomic E-state index is 13.5. The van der Waals surface area contributed by atoms with Gasteiger partial charge < -0.3 is 15.8 Å². The number of hydrogen-bond donors (Lipinski definition) is 2. The lowest BCUT2D eigenvalue weighted by atomic mass is 10.1. The summed E-state index contributed by atoms with van der Waals surface area (Å²) in [6.07, 6.45) is 2.91. The molecule has 1 heterocycles. The van der Waals surface area contributed by atoms with Crippen LogP contribution in [-0.2, 0) is 0 Å². The highest BCUT2D eigenvalue weighted by Gasteiger charge is 2.13. The van der Waals surface area contributed by atoms with Crippen molar-refractivity contribution in [3.05, 3.63) is 53.6 Å². The quantitative estimate of drug-likeness (QED) is 0.846. The first-order chi connectivity index (χ1) is 10.0. The number of benzene rings is 1. The van der Waals surface area contributed by atoms with Crippen LogP contribution in [0.25, 0.3) is 0 Å². The number of methoxy groups -OCH3 is 1. The summed E-state index contributed by atoms with van der Waals surface area (Å²) in [7, 11) is 1.44. The fourth-order valence-electron chi connectivity index (χ4n) is 1.72. The molecule has 0 saturated carbocycles. The molecule has 21 heavy (non-hydrogen) atoms. The predicted molar refractivity (Wildman–Crippen MR) is 81.0 cm³/mol. The summed E-state index contributed by atoms with van der Waals surface area (Å²) in [6, 6.07) is 5.51. The Morgan fingerprint density at radius 2 is 2.14 bits per heavy atom. The van der Waals surface area contributed by atoms with Gasteiger partial charge in [0.15, 0.2) is 0 Å². The van der Waals surface area contributed by atoms with E-state index in [9.17, 15) is 9.18 Å². The molecular weight excluding hydrogens is 293 g/mol. The monoisotopic (exact) mass is 305 g/mol. The van der Waals surface area contributed by atoms with Gasteiger partial charge in [-0.2, -0.15) is 0 Å². The Balaban J connectivity index is 2.28. The SMILES string of the molecule is COc1cnccc1C(=O)Nc1ccc(F)c(C(N)=S)c1. The van der Waals surface area contributed by atoms with E-state index in [-0.39, 0.29) is 10.6 Å². The number of thiocarbonyl (C=S) groups is 1. The van der Waals surface area contributed by atoms with Crippen molar-refractivity contribution in [3.63, 3.8) is 0 Å². The number of rotatable bonds is 4. The molecule has 3 N–H and O–H groups in total. The van der Waals surface area contributed by atoms with Crippen molar-refractivity contribution in [1.82, 2.24) is 4.98 Å². The summed E-state index contributed by atoms with van der Waals surface area (Å²) in [5.41, 5.74) is 6.19. The molecule has 2 rings (SSSR count). The van der Waals surface area contributed by atoms with Gasteiger partial charge in [0.05, 0.1) is 18.9 Å². The molecule has 1 aromatic carbocycles. The number of nitrogens with two attached hydrogens (primary N) is 1. The number of anilines is 1. The highest BCUT2D eigenvalue weighted by atomic mass is 32.1. The Labute approximate surface area is 125 Å². The van der Waals surface area contributed by atoms with E-state index < -0.39 is 11.7 Å². The van der Waals surface area contributed by atoms with Crippen LogP contribution >= 0.6 is 12.2 Å². The van der Waals surface area contributed by atoms with Crippen molar-refractivity contribution in [2.24, 2.45) is 5.73 Å². The van der Waals surface area contributed by atoms with Crippen LogP contribution in [0.2, 0.25) is 0 Å². The smallest absolute Gasteiger partial charge is 0.259 e. The molecule has 0 aliphatic rings. The highest BCUT2D eigenvalue weighted by molar-refractivity contribution is 7.80. The topological polar surface area (TPSA) is 77.2 Å². The van der Waals surface area contributed by atoms with E-state index in [1.165, 1.54) is 43.8 Å². The van der Waals surface area contributed by atoms with Crippen LogP contribution in [0, 0.1) is 5.82 Å². The lowest BCUT2D eigenvalue weighted by Gasteiger charge is -2.10. The van der Waals surface area contributed by atoms with E-state index in [1.54, 1.807) is 0 Å². The zero-order valence-electron chi connectivity index (χ0n) is 11.1. The maximum atomic E-state index is 13.5. The van der Waals surface area contributed by atoms with Gasteiger partial charge in [-0.05, 0) is 24.3 Å². The molecule has 1 amide bonds. The standard InChI is InChI=1S/C14H12FN3O2S/c1-20-12-7-17-5-4-9(12)14(19)18-8-2-3-11(15)10(6-8)13(16)21/h2-7H,1H3,(H2,16,21)(H,18,19). The van der Waals surface area contributed by atoms with Crippen LogP contribution in [0.4, 0.5) is 10.1 Å². The first-order valence-electron chi connectivity index (χ1n) is 5.91. The summed E-state index contributed by atoms with van der Waals surface area (Å²) >= 11 is 4.75. The van der Waals surface area contributed by atoms with Gasteiger partial charge in [0.2, 0.25) is 0 Å². The number of halogens is 1. The summed E-state index contributed by atoms with van der Waals surface area (Å²) in [6.45, 7) is 0. The Morgan fingerprint density at radius 3 is 2.81 bits per heavy atom. The number of nitrogens with zero attached hydrogens (tertiary/aromatic N) is 1. The van der Waals surface area contributed by atoms with Crippen molar-refractivity contribution < 1.29 is 13.9 Å². The van der Waals surface area contributed by atoms with Crippen molar-refractivity contribution in [3.8, 4) is 5.75 Å². The van der Waals surface area contributed by atoms with Crippen LogP contribution in [0.5, 0.6) is 5.75 Å². The van der Waals surface area contributed by atoms with Gasteiger partial charge in [-0.15, -0.1) is 0 Å². The Kier molecular flexibility index (Phi) is 4.44. The Hall–Kier alpha value is -2.54. The summed E-state index contributed by atoms with van der Waals surface area (Å²) < 4.78 is 18.6. The molecular formula is C14H12FN3O2S. The first-order valence-corrected chi connectivity index (χ1v) is 6.32. The molecule has 0 fully saturated rings. The molecule has 0 atom stereocenters. The fraction of sp³-hybridized carbons (Fsp3) is 0.0714. The minimum Gasteiger partial charge on any atom is -0.494 e. The normalized spacial score (nSPS) is 10.0. The van der Waals surface area contributed by atoms with Gasteiger partial charge in [-0.1, -0.05) is 12.2 Å². The molecule has 108 valence electrons. The van der Waals surface area contributed by atoms with E-state index >= 15 is 0 Å². The zero-order valence-corrected chi connectivity index (χ0v) is 11.9. The molecule has 0 unspecified atom stereocenters. The number of ether oxygens (including phenoxy) is 1. The molecule has 0 radical (unpaired) electrons. The lowest BCUT2D eigenvalue weighted by Crippen LogP contribution is -2.16. The van der Waals surface area contributed by atoms with Gasteiger partial charge >= 0.3 is 0 Å². The van der Waals surface area contributed by atoms with Crippen LogP contribution in [0.3, 0.4) is 0 Å². The zero-order chi connectivity index (χ0) is 15.4. The molecule has 0 saturated heterocycles. The Morgan fingerprint density at radius 1 is 1.38 bits per heavy atom. The van der Waals surface area contributed by atoms with Gasteiger partial charge in [0.1, 0.15) is 16.6 Å². The minimum absolute atomic E-state index is 0.0736. The summed E-state index contributed by atoms with van der Waals surface area (Å²) in [5, 5.41) is 2.63. The van der Waals surface area contributed by atoms with Gasteiger partial charge in [-0.25, -0.2) is 4.39 Å². The average molecular weight is 305 g/mol. The second kappa shape index (κ2) is 6.27. The van der Waals surface area contributed by atoms with E-state index in [0.717, 1.165) is 0 Å². The van der Waals surface area contributed by atoms with Gasteiger partial charge in [0.25, 0.3) is 5.91 Å². The number of carbonyl (C=O) groups is 1. The van der Waals surface area contributed by atoms with Crippen molar-refractivity contribution in [2.45, 2.75) is 0 Å². The minimum atomic E-state index is -0.540. The molecule has 7 heteroatoms. The maximum Gasteiger partial charge on any atom is 0.259 e. The lowest BCUT2D eigenvalue weighted by molar-refractivity contribution is 0.102. The molecule has 0 bridgehead atoms. The molecule has 2 aromatic rings. The van der Waals surface area contributed by atoms with Crippen LogP contribution in [-0.4, -0.2) is 23.0 Å². The molecule has 0 aliphatic heterocycles. The third kappa shape index (κ3) is 3.32. The molecule has 5 nitrogen and oxygen atoms in total. The first kappa shape index (κ1) is 14.9. The summed E-state index contributed by atoms with van der Waals surface area (Å²) in [5.74, 6) is -0.608. The molecule has 0 spiro atoms. The predicted octanol–water partition coefficient (Wildman–Crippen LogP) is 2.12. The average Bonchev–Trinajstić information content (AvgIpc) is 2.48. The fourth-order valence-corrected chi connectivity index (χ4v) is 1.88. The Bertz CT molecular complexity index is 706. The highest BCUT2D eigenvalue weighted by Crippen LogP contribution is 2.19. The van der Waals surface area contributed by atoms with Crippen molar-refractivity contribution in [1.29, 1.82) is 0 Å². The van der Waals surface area contributed by atoms with Crippen molar-refractivity contribution >= 4 is 28.8 Å². The van der Waals surface area contributed by atoms with Crippen molar-refractivity contribution in [2.75, 3.05) is 12.4 Å². The van der Waals surface area contributed by atoms with E-state index in [4.69, 9.17) is 22.7 Å². The number of carbonyl (C=O) groups excluding carboxylic acids is 1. The molecule has 0 aliphatic carbocycles. The van der Waals surface area contributed by atoms with Crippen LogP contribution in [0.15, 0.2) is 36.7 Å². The van der Waals surface area contributed by atoms with Crippen LogP contribution < -0.4 is 15.8 Å². The number of pyridine rings is 1. The van der Waals surface area contributed by atoms with Gasteiger partial charge in [-0.3, -0.25) is 9.78 Å². The van der Waals surface area contributed by atoms with E-state index in [0.29, 0.717) is 17.0 Å². The third-order valence-electron chi connectivity index (χ3n) is 2.74. The summed E-state index contributed by atoms with van der Waals surface area (Å²) in [4.78, 5) is 16.0.